The van der Waals surface area contributed by atoms with E-state index in [4.69, 9.17) is 11.6 Å². The van der Waals surface area contributed by atoms with Crippen LogP contribution in [0.3, 0.4) is 0 Å². The normalized spacial score (nSPS) is 11.7. The quantitative estimate of drug-likeness (QED) is 0.160. The van der Waals surface area contributed by atoms with Gasteiger partial charge >= 0.3 is 0 Å². The molecule has 6 aromatic rings. The maximum atomic E-state index is 14.1. The Morgan fingerprint density at radius 2 is 0.983 bits per heavy atom. The number of carbonyl (C=O) groups excluding carboxylic acids is 2. The van der Waals surface area contributed by atoms with Crippen molar-refractivity contribution in [2.24, 2.45) is 0 Å². The molecule has 2 heterocycles. The van der Waals surface area contributed by atoms with Crippen molar-refractivity contribution in [2.45, 2.75) is 92.2 Å². The predicted molar refractivity (Wildman–Crippen MR) is 226 cm³/mol. The lowest BCUT2D eigenvalue weighted by Gasteiger charge is -2.21. The Balaban J connectivity index is 0.000000221. The van der Waals surface area contributed by atoms with Crippen LogP contribution >= 0.6 is 11.6 Å². The van der Waals surface area contributed by atoms with E-state index in [0.717, 1.165) is 40.7 Å². The van der Waals surface area contributed by atoms with Gasteiger partial charge in [-0.2, -0.15) is 0 Å². The maximum Gasteiger partial charge on any atom is 0.251 e. The van der Waals surface area contributed by atoms with E-state index in [1.165, 1.54) is 18.2 Å². The number of nitrogens with one attached hydrogen (secondary N) is 2. The lowest BCUT2D eigenvalue weighted by Crippen LogP contribution is -2.40. The molecule has 0 unspecified atom stereocenters. The van der Waals surface area contributed by atoms with Crippen LogP contribution in [0, 0.1) is 17.5 Å². The summed E-state index contributed by atoms with van der Waals surface area (Å²) in [7, 11) is 0. The molecule has 0 aliphatic heterocycles. The monoisotopic (exact) mass is 810 g/mol. The fourth-order valence-corrected chi connectivity index (χ4v) is 6.31. The van der Waals surface area contributed by atoms with Crippen molar-refractivity contribution in [3.63, 3.8) is 0 Å². The van der Waals surface area contributed by atoms with Gasteiger partial charge in [0.25, 0.3) is 11.8 Å². The Labute approximate surface area is 343 Å². The molecule has 58 heavy (non-hydrogen) atoms. The number of nitrogens with zero attached hydrogens (tertiary/aromatic N) is 4. The standard InChI is InChI=1S/C23H25ClFN3O.C23H25F2N3O/c2*1-14(2)21-26-8-9-28(21)18-11-16(15-6-7-19(24)20(25)13-15)10-17(12-18)22(29)27-23(3,4)5/h2*6-14H,1-5H3,(H,27,29). The number of imidazole rings is 2. The third kappa shape index (κ3) is 10.8. The van der Waals surface area contributed by atoms with Crippen LogP contribution in [0.4, 0.5) is 13.2 Å². The number of hydrogen-bond donors (Lipinski definition) is 2. The molecule has 0 radical (unpaired) electrons. The molecule has 0 fully saturated rings. The van der Waals surface area contributed by atoms with Crippen molar-refractivity contribution < 1.29 is 22.8 Å². The van der Waals surface area contributed by atoms with Gasteiger partial charge in [0.2, 0.25) is 0 Å². The average molecular weight is 811 g/mol. The molecule has 0 aliphatic carbocycles. The molecule has 8 nitrogen and oxygen atoms in total. The highest BCUT2D eigenvalue weighted by molar-refractivity contribution is 6.30. The summed E-state index contributed by atoms with van der Waals surface area (Å²) in [5, 5.41) is 5.99. The molecule has 2 aromatic heterocycles. The van der Waals surface area contributed by atoms with Gasteiger partial charge in [-0.05, 0) is 124 Å². The molecule has 12 heteroatoms. The molecule has 0 atom stereocenters. The summed E-state index contributed by atoms with van der Waals surface area (Å²) in [4.78, 5) is 34.6. The summed E-state index contributed by atoms with van der Waals surface area (Å²) < 4.78 is 45.1. The number of halogens is 4. The Hall–Kier alpha value is -5.68. The van der Waals surface area contributed by atoms with Gasteiger partial charge in [-0.25, -0.2) is 23.1 Å². The van der Waals surface area contributed by atoms with Crippen LogP contribution in [0.15, 0.2) is 97.6 Å². The van der Waals surface area contributed by atoms with Crippen molar-refractivity contribution in [3.8, 4) is 33.6 Å². The molecule has 0 spiro atoms. The number of aromatic nitrogens is 4. The average Bonchev–Trinajstić information content (AvgIpc) is 3.84. The Morgan fingerprint density at radius 3 is 1.36 bits per heavy atom. The number of carbonyl (C=O) groups is 2. The zero-order valence-corrected chi connectivity index (χ0v) is 35.3. The van der Waals surface area contributed by atoms with Crippen LogP contribution in [0.25, 0.3) is 33.6 Å². The minimum atomic E-state index is -0.931. The molecule has 2 N–H and O–H groups in total. The highest BCUT2D eigenvalue weighted by atomic mass is 35.5. The van der Waals surface area contributed by atoms with E-state index in [1.807, 2.05) is 95.1 Å². The largest absolute Gasteiger partial charge is 0.347 e. The van der Waals surface area contributed by atoms with Crippen LogP contribution in [0.5, 0.6) is 0 Å². The second-order valence-electron chi connectivity index (χ2n) is 16.8. The molecule has 4 aromatic carbocycles. The first-order valence-electron chi connectivity index (χ1n) is 19.0. The van der Waals surface area contributed by atoms with E-state index < -0.39 is 23.0 Å². The molecule has 6 rings (SSSR count). The van der Waals surface area contributed by atoms with E-state index >= 15 is 0 Å². The molecular weight excluding hydrogens is 761 g/mol. The van der Waals surface area contributed by atoms with Crippen molar-refractivity contribution in [1.29, 1.82) is 0 Å². The fraction of sp³-hybridized carbons (Fsp3) is 0.304. The van der Waals surface area contributed by atoms with Gasteiger partial charge in [0.05, 0.1) is 5.02 Å². The fourth-order valence-electron chi connectivity index (χ4n) is 6.19. The van der Waals surface area contributed by atoms with Crippen LogP contribution in [0.2, 0.25) is 5.02 Å². The molecular formula is C46H50ClF3N6O2. The van der Waals surface area contributed by atoms with Crippen molar-refractivity contribution in [3.05, 3.63) is 143 Å². The van der Waals surface area contributed by atoms with E-state index in [-0.39, 0.29) is 34.2 Å². The predicted octanol–water partition coefficient (Wildman–Crippen LogP) is 11.5. The second-order valence-corrected chi connectivity index (χ2v) is 17.2. The van der Waals surface area contributed by atoms with Gasteiger partial charge in [0.1, 0.15) is 17.5 Å². The van der Waals surface area contributed by atoms with Gasteiger partial charge in [-0.15, -0.1) is 0 Å². The summed E-state index contributed by atoms with van der Waals surface area (Å²) in [5.41, 5.74) is 4.12. The van der Waals surface area contributed by atoms with E-state index in [0.29, 0.717) is 27.8 Å². The molecule has 0 aliphatic rings. The number of rotatable bonds is 8. The van der Waals surface area contributed by atoms with Crippen molar-refractivity contribution >= 4 is 23.4 Å². The molecule has 0 saturated carbocycles. The number of amides is 2. The zero-order chi connectivity index (χ0) is 42.7. The lowest BCUT2D eigenvalue weighted by atomic mass is 10.00. The number of hydrogen-bond acceptors (Lipinski definition) is 4. The number of benzene rings is 4. The van der Waals surface area contributed by atoms with E-state index in [9.17, 15) is 22.8 Å². The van der Waals surface area contributed by atoms with Crippen molar-refractivity contribution in [2.75, 3.05) is 0 Å². The first kappa shape index (κ1) is 43.4. The minimum absolute atomic E-state index is 0.0623. The van der Waals surface area contributed by atoms with Crippen LogP contribution in [-0.2, 0) is 0 Å². The van der Waals surface area contributed by atoms with Gasteiger partial charge in [0.15, 0.2) is 11.6 Å². The van der Waals surface area contributed by atoms with Crippen LogP contribution < -0.4 is 10.6 Å². The summed E-state index contributed by atoms with van der Waals surface area (Å²) in [6.07, 6.45) is 7.13. The highest BCUT2D eigenvalue weighted by Gasteiger charge is 2.21. The molecule has 0 bridgehead atoms. The maximum absolute atomic E-state index is 14.1. The Kier molecular flexibility index (Phi) is 13.1. The molecule has 0 saturated heterocycles. The molecule has 2 amide bonds. The van der Waals surface area contributed by atoms with Crippen LogP contribution in [-0.4, -0.2) is 42.0 Å². The molecule has 304 valence electrons. The van der Waals surface area contributed by atoms with Gasteiger partial charge in [-0.1, -0.05) is 51.4 Å². The van der Waals surface area contributed by atoms with E-state index in [2.05, 4.69) is 34.4 Å². The first-order chi connectivity index (χ1) is 27.1. The summed E-state index contributed by atoms with van der Waals surface area (Å²) in [6, 6.07) is 19.2. The minimum Gasteiger partial charge on any atom is -0.347 e. The van der Waals surface area contributed by atoms with Crippen molar-refractivity contribution in [1.82, 2.24) is 29.7 Å². The SMILES string of the molecule is CC(C)c1nccn1-c1cc(C(=O)NC(C)(C)C)cc(-c2ccc(Cl)c(F)c2)c1.CC(C)c1nccn1-c1cc(C(=O)NC(C)(C)C)cc(-c2ccc(F)c(F)c2)c1. The Morgan fingerprint density at radius 1 is 0.569 bits per heavy atom. The summed E-state index contributed by atoms with van der Waals surface area (Å²) in [5.74, 6) is -0.679. The second kappa shape index (κ2) is 17.4. The van der Waals surface area contributed by atoms with Gasteiger partial charge < -0.3 is 19.8 Å². The third-order valence-corrected chi connectivity index (χ3v) is 9.08. The Bertz CT molecular complexity index is 2270. The topological polar surface area (TPSA) is 93.8 Å². The third-order valence-electron chi connectivity index (χ3n) is 8.77. The first-order valence-corrected chi connectivity index (χ1v) is 19.4. The zero-order valence-electron chi connectivity index (χ0n) is 34.5. The lowest BCUT2D eigenvalue weighted by molar-refractivity contribution is 0.0910. The summed E-state index contributed by atoms with van der Waals surface area (Å²) >= 11 is 5.84. The van der Waals surface area contributed by atoms with Gasteiger partial charge in [0, 0.05) is 70.2 Å². The van der Waals surface area contributed by atoms with Gasteiger partial charge in [-0.3, -0.25) is 9.59 Å². The summed E-state index contributed by atoms with van der Waals surface area (Å²) in [6.45, 7) is 19.7. The van der Waals surface area contributed by atoms with E-state index in [1.54, 1.807) is 36.7 Å². The smallest absolute Gasteiger partial charge is 0.251 e. The van der Waals surface area contributed by atoms with Crippen LogP contribution in [0.1, 0.15) is 113 Å². The highest BCUT2D eigenvalue weighted by Crippen LogP contribution is 2.30.